The lowest BCUT2D eigenvalue weighted by atomic mass is 10.2. The third-order valence-corrected chi connectivity index (χ3v) is 2.23. The maximum absolute atomic E-state index is 10.4. The van der Waals surface area contributed by atoms with E-state index in [0.717, 1.165) is 25.7 Å². The minimum atomic E-state index is -1.13. The van der Waals surface area contributed by atoms with Gasteiger partial charge in [0.25, 0.3) is 0 Å². The highest BCUT2D eigenvalue weighted by molar-refractivity contribution is 6.67. The number of hydrogen-bond donors (Lipinski definition) is 0. The van der Waals surface area contributed by atoms with Gasteiger partial charge in [0.05, 0.1) is 6.61 Å². The molecule has 0 aliphatic heterocycles. The van der Waals surface area contributed by atoms with Gasteiger partial charge in [-0.25, -0.2) is 0 Å². The molecule has 0 rings (SSSR count). The van der Waals surface area contributed by atoms with Gasteiger partial charge < -0.3 is 4.74 Å². The van der Waals surface area contributed by atoms with Gasteiger partial charge in [-0.2, -0.15) is 0 Å². The van der Waals surface area contributed by atoms with Crippen molar-refractivity contribution in [1.82, 2.24) is 0 Å². The van der Waals surface area contributed by atoms with Crippen LogP contribution in [0.4, 0.5) is 0 Å². The Balaban J connectivity index is 3.11. The Bertz CT molecular complexity index is 166. The van der Waals surface area contributed by atoms with Crippen molar-refractivity contribution >= 4 is 40.8 Å². The standard InChI is InChI=1S/C9H15Cl3O2/c1-8(13)14-7-5-3-2-4-6-9(10,11)12/h2-7H2,1H3. The monoisotopic (exact) mass is 260 g/mol. The number of alkyl halides is 3. The van der Waals surface area contributed by atoms with E-state index in [2.05, 4.69) is 0 Å². The van der Waals surface area contributed by atoms with Crippen molar-refractivity contribution < 1.29 is 9.53 Å². The van der Waals surface area contributed by atoms with Crippen molar-refractivity contribution in [2.24, 2.45) is 0 Å². The van der Waals surface area contributed by atoms with Gasteiger partial charge in [0.15, 0.2) is 3.79 Å². The zero-order valence-electron chi connectivity index (χ0n) is 8.19. The first kappa shape index (κ1) is 14.3. The van der Waals surface area contributed by atoms with Crippen LogP contribution in [0.5, 0.6) is 0 Å². The molecule has 0 aliphatic carbocycles. The minimum Gasteiger partial charge on any atom is -0.466 e. The van der Waals surface area contributed by atoms with E-state index in [1.54, 1.807) is 0 Å². The van der Waals surface area contributed by atoms with Gasteiger partial charge in [-0.1, -0.05) is 47.6 Å². The molecule has 0 bridgehead atoms. The van der Waals surface area contributed by atoms with Gasteiger partial charge in [-0.05, 0) is 19.3 Å². The van der Waals surface area contributed by atoms with Gasteiger partial charge >= 0.3 is 5.97 Å². The zero-order chi connectivity index (χ0) is 11.0. The molecule has 0 aromatic heterocycles. The Morgan fingerprint density at radius 1 is 1.14 bits per heavy atom. The third-order valence-electron chi connectivity index (χ3n) is 1.66. The summed E-state index contributed by atoms with van der Waals surface area (Å²) in [5.74, 6) is -0.230. The molecule has 0 fully saturated rings. The van der Waals surface area contributed by atoms with Crippen LogP contribution in [0.15, 0.2) is 0 Å². The molecule has 5 heteroatoms. The molecule has 2 nitrogen and oxygen atoms in total. The minimum absolute atomic E-state index is 0.230. The molecule has 0 radical (unpaired) electrons. The molecule has 0 amide bonds. The predicted molar refractivity (Wildman–Crippen MR) is 60.0 cm³/mol. The first-order valence-electron chi connectivity index (χ1n) is 4.62. The van der Waals surface area contributed by atoms with E-state index in [0.29, 0.717) is 13.0 Å². The Morgan fingerprint density at radius 3 is 2.21 bits per heavy atom. The Hall–Kier alpha value is 0.340. The van der Waals surface area contributed by atoms with E-state index < -0.39 is 3.79 Å². The van der Waals surface area contributed by atoms with Crippen LogP contribution < -0.4 is 0 Å². The van der Waals surface area contributed by atoms with Crippen LogP contribution in [0, 0.1) is 0 Å². The number of carbonyl (C=O) groups excluding carboxylic acids is 1. The van der Waals surface area contributed by atoms with E-state index in [4.69, 9.17) is 39.5 Å². The first-order valence-corrected chi connectivity index (χ1v) is 5.75. The largest absolute Gasteiger partial charge is 0.466 e. The fourth-order valence-corrected chi connectivity index (χ4v) is 1.40. The lowest BCUT2D eigenvalue weighted by molar-refractivity contribution is -0.141. The topological polar surface area (TPSA) is 26.3 Å². The molecule has 0 N–H and O–H groups in total. The SMILES string of the molecule is CC(=O)OCCCCCCC(Cl)(Cl)Cl. The highest BCUT2D eigenvalue weighted by Crippen LogP contribution is 2.31. The summed E-state index contributed by atoms with van der Waals surface area (Å²) in [5, 5.41) is 0. The number of esters is 1. The molecule has 84 valence electrons. The Kier molecular flexibility index (Phi) is 7.79. The summed E-state index contributed by atoms with van der Waals surface area (Å²) >= 11 is 16.7. The zero-order valence-corrected chi connectivity index (χ0v) is 10.5. The predicted octanol–water partition coefficient (Wildman–Crippen LogP) is 3.87. The van der Waals surface area contributed by atoms with Gasteiger partial charge in [-0.3, -0.25) is 4.79 Å². The number of hydrogen-bond acceptors (Lipinski definition) is 2. The van der Waals surface area contributed by atoms with E-state index in [1.165, 1.54) is 6.92 Å². The van der Waals surface area contributed by atoms with Gasteiger partial charge in [0.1, 0.15) is 0 Å². The molecular weight excluding hydrogens is 246 g/mol. The maximum Gasteiger partial charge on any atom is 0.302 e. The summed E-state index contributed by atoms with van der Waals surface area (Å²) in [5.41, 5.74) is 0. The smallest absolute Gasteiger partial charge is 0.302 e. The average molecular weight is 262 g/mol. The van der Waals surface area contributed by atoms with Crippen molar-refractivity contribution in [1.29, 1.82) is 0 Å². The number of unbranched alkanes of at least 4 members (excludes halogenated alkanes) is 3. The highest BCUT2D eigenvalue weighted by Gasteiger charge is 2.17. The molecule has 0 atom stereocenters. The summed E-state index contributed by atoms with van der Waals surface area (Å²) < 4.78 is 3.64. The lowest BCUT2D eigenvalue weighted by Crippen LogP contribution is -2.02. The van der Waals surface area contributed by atoms with Crippen molar-refractivity contribution in [3.05, 3.63) is 0 Å². The van der Waals surface area contributed by atoms with E-state index in [-0.39, 0.29) is 5.97 Å². The van der Waals surface area contributed by atoms with Crippen LogP contribution in [0.2, 0.25) is 0 Å². The number of halogens is 3. The summed E-state index contributed by atoms with van der Waals surface area (Å²) in [7, 11) is 0. The molecule has 0 spiro atoms. The quantitative estimate of drug-likeness (QED) is 0.412. The fraction of sp³-hybridized carbons (Fsp3) is 0.889. The number of rotatable bonds is 6. The molecule has 14 heavy (non-hydrogen) atoms. The third kappa shape index (κ3) is 12.3. The Labute approximate surface area is 99.8 Å². The summed E-state index contributed by atoms with van der Waals surface area (Å²) in [6, 6.07) is 0. The molecule has 0 aliphatic rings. The summed E-state index contributed by atoms with van der Waals surface area (Å²) in [6.07, 6.45) is 4.32. The van der Waals surface area contributed by atoms with Crippen LogP contribution in [0.1, 0.15) is 39.0 Å². The van der Waals surface area contributed by atoms with E-state index in [9.17, 15) is 4.79 Å². The van der Waals surface area contributed by atoms with Crippen LogP contribution >= 0.6 is 34.8 Å². The fourth-order valence-electron chi connectivity index (χ4n) is 0.997. The molecule has 0 aromatic rings. The molecule has 0 heterocycles. The summed E-state index contributed by atoms with van der Waals surface area (Å²) in [6.45, 7) is 1.89. The highest BCUT2D eigenvalue weighted by atomic mass is 35.6. The van der Waals surface area contributed by atoms with Gasteiger partial charge in [0, 0.05) is 6.92 Å². The number of carbonyl (C=O) groups is 1. The summed E-state index contributed by atoms with van der Waals surface area (Å²) in [4.78, 5) is 10.4. The maximum atomic E-state index is 10.4. The molecule has 0 saturated carbocycles. The van der Waals surface area contributed by atoms with Crippen molar-refractivity contribution in [2.75, 3.05) is 6.61 Å². The molecule has 0 unspecified atom stereocenters. The normalized spacial score (nSPS) is 11.4. The second kappa shape index (κ2) is 7.61. The lowest BCUT2D eigenvalue weighted by Gasteiger charge is -2.09. The number of ether oxygens (including phenoxy) is 1. The second-order valence-electron chi connectivity index (χ2n) is 3.12. The van der Waals surface area contributed by atoms with Crippen LogP contribution in [0.3, 0.4) is 0 Å². The molecular formula is C9H15Cl3O2. The van der Waals surface area contributed by atoms with Crippen LogP contribution in [-0.2, 0) is 9.53 Å². The van der Waals surface area contributed by atoms with Crippen LogP contribution in [0.25, 0.3) is 0 Å². The van der Waals surface area contributed by atoms with Crippen molar-refractivity contribution in [2.45, 2.75) is 42.8 Å². The average Bonchev–Trinajstić information content (AvgIpc) is 2.00. The van der Waals surface area contributed by atoms with E-state index >= 15 is 0 Å². The van der Waals surface area contributed by atoms with E-state index in [1.807, 2.05) is 0 Å². The van der Waals surface area contributed by atoms with Crippen molar-refractivity contribution in [3.8, 4) is 0 Å². The van der Waals surface area contributed by atoms with Crippen LogP contribution in [-0.4, -0.2) is 16.4 Å². The van der Waals surface area contributed by atoms with Crippen molar-refractivity contribution in [3.63, 3.8) is 0 Å². The molecule has 0 saturated heterocycles. The van der Waals surface area contributed by atoms with Gasteiger partial charge in [0.2, 0.25) is 0 Å². The molecule has 0 aromatic carbocycles. The Morgan fingerprint density at radius 2 is 1.71 bits per heavy atom. The second-order valence-corrected chi connectivity index (χ2v) is 5.64. The first-order chi connectivity index (χ1) is 6.42. The van der Waals surface area contributed by atoms with Gasteiger partial charge in [-0.15, -0.1) is 0 Å².